The second kappa shape index (κ2) is 13.3. The average Bonchev–Trinajstić information content (AvgIpc) is 3.61. The predicted octanol–water partition coefficient (Wildman–Crippen LogP) is 4.35. The summed E-state index contributed by atoms with van der Waals surface area (Å²) in [7, 11) is 1.31. The van der Waals surface area contributed by atoms with Crippen molar-refractivity contribution in [1.82, 2.24) is 15.0 Å². The summed E-state index contributed by atoms with van der Waals surface area (Å²) in [4.78, 5) is 12.5. The van der Waals surface area contributed by atoms with Gasteiger partial charge in [0.05, 0.1) is 39.7 Å². The van der Waals surface area contributed by atoms with Gasteiger partial charge in [-0.05, 0) is 16.7 Å². The van der Waals surface area contributed by atoms with Gasteiger partial charge in [-0.3, -0.25) is 0 Å². The highest BCUT2D eigenvalue weighted by Crippen LogP contribution is 2.35. The van der Waals surface area contributed by atoms with Gasteiger partial charge in [-0.2, -0.15) is 0 Å². The summed E-state index contributed by atoms with van der Waals surface area (Å²) in [6.07, 6.45) is -1.09. The van der Waals surface area contributed by atoms with E-state index in [1.807, 2.05) is 91.0 Å². The first kappa shape index (κ1) is 26.7. The van der Waals surface area contributed by atoms with E-state index in [9.17, 15) is 4.79 Å². The summed E-state index contributed by atoms with van der Waals surface area (Å²) in [6, 6.07) is 29.7. The molecule has 1 aliphatic heterocycles. The molecule has 3 aromatic carbocycles. The van der Waals surface area contributed by atoms with Crippen LogP contribution in [0.1, 0.15) is 33.4 Å². The standard InChI is InChI=1S/C30H31N3O6/c1-35-30(34)25-17-31-32-33(25)29-28(38-20-24-15-9-4-10-16-24)27(37-19-23-13-7-3-8-14-23)26(39-29)21-36-18-22-11-5-2-6-12-22/h2-17,26-29H,18-21H2,1H3/t26-,27-,28+,29+/m1/s1. The highest BCUT2D eigenvalue weighted by Gasteiger charge is 2.49. The van der Waals surface area contributed by atoms with Crippen molar-refractivity contribution >= 4 is 5.97 Å². The van der Waals surface area contributed by atoms with Gasteiger partial charge < -0.3 is 23.7 Å². The van der Waals surface area contributed by atoms with Crippen LogP contribution in [0.25, 0.3) is 0 Å². The quantitative estimate of drug-likeness (QED) is 0.250. The van der Waals surface area contributed by atoms with Crippen molar-refractivity contribution in [3.63, 3.8) is 0 Å². The van der Waals surface area contributed by atoms with Gasteiger partial charge in [-0.1, -0.05) is 96.2 Å². The highest BCUT2D eigenvalue weighted by molar-refractivity contribution is 5.86. The number of carbonyl (C=O) groups is 1. The monoisotopic (exact) mass is 529 g/mol. The summed E-state index contributed by atoms with van der Waals surface area (Å²) in [5.41, 5.74) is 3.22. The van der Waals surface area contributed by atoms with Gasteiger partial charge in [0.25, 0.3) is 0 Å². The van der Waals surface area contributed by atoms with Crippen molar-refractivity contribution in [2.24, 2.45) is 0 Å². The Bertz CT molecular complexity index is 1300. The zero-order chi connectivity index (χ0) is 26.9. The van der Waals surface area contributed by atoms with Crippen LogP contribution in [0, 0.1) is 0 Å². The minimum Gasteiger partial charge on any atom is -0.464 e. The number of rotatable bonds is 12. The summed E-state index contributed by atoms with van der Waals surface area (Å²) >= 11 is 0. The number of nitrogens with zero attached hydrogens (tertiary/aromatic N) is 3. The molecule has 2 heterocycles. The first-order chi connectivity index (χ1) is 19.2. The van der Waals surface area contributed by atoms with E-state index in [0.717, 1.165) is 16.7 Å². The fourth-order valence-electron chi connectivity index (χ4n) is 4.50. The van der Waals surface area contributed by atoms with Crippen LogP contribution in [0.2, 0.25) is 0 Å². The number of carbonyl (C=O) groups excluding carboxylic acids is 1. The van der Waals surface area contributed by atoms with Gasteiger partial charge in [0, 0.05) is 0 Å². The van der Waals surface area contributed by atoms with Crippen LogP contribution in [0.5, 0.6) is 0 Å². The third kappa shape index (κ3) is 6.76. The van der Waals surface area contributed by atoms with Crippen molar-refractivity contribution in [3.05, 3.63) is 120 Å². The van der Waals surface area contributed by atoms with Crippen molar-refractivity contribution < 1.29 is 28.5 Å². The summed E-state index contributed by atoms with van der Waals surface area (Å²) in [5, 5.41) is 8.09. The van der Waals surface area contributed by atoms with E-state index in [4.69, 9.17) is 23.7 Å². The molecule has 0 saturated carbocycles. The fourth-order valence-corrected chi connectivity index (χ4v) is 4.50. The second-order valence-corrected chi connectivity index (χ2v) is 9.14. The van der Waals surface area contributed by atoms with Crippen molar-refractivity contribution in [1.29, 1.82) is 0 Å². The Kier molecular flexibility index (Phi) is 9.08. The smallest absolute Gasteiger partial charge is 0.358 e. The van der Waals surface area contributed by atoms with Crippen LogP contribution >= 0.6 is 0 Å². The summed E-state index contributed by atoms with van der Waals surface area (Å²) < 4.78 is 31.8. The van der Waals surface area contributed by atoms with Crippen LogP contribution in [0.3, 0.4) is 0 Å². The SMILES string of the molecule is COC(=O)c1cnnn1[C@H]1O[C@H](COCc2ccccc2)[C@@H](OCc2ccccc2)[C@@H]1OCc1ccccc1. The number of esters is 1. The number of methoxy groups -OCH3 is 1. The molecule has 1 fully saturated rings. The van der Waals surface area contributed by atoms with E-state index in [0.29, 0.717) is 19.8 Å². The molecule has 9 heteroatoms. The molecular formula is C30H31N3O6. The molecule has 202 valence electrons. The van der Waals surface area contributed by atoms with Gasteiger partial charge >= 0.3 is 5.97 Å². The Morgan fingerprint density at radius 3 is 1.90 bits per heavy atom. The van der Waals surface area contributed by atoms with Crippen LogP contribution in [0.4, 0.5) is 0 Å². The Labute approximate surface area is 227 Å². The molecule has 0 bridgehead atoms. The lowest BCUT2D eigenvalue weighted by Gasteiger charge is -2.25. The van der Waals surface area contributed by atoms with Gasteiger partial charge in [0.2, 0.25) is 0 Å². The topological polar surface area (TPSA) is 93.9 Å². The predicted molar refractivity (Wildman–Crippen MR) is 141 cm³/mol. The Morgan fingerprint density at radius 2 is 1.33 bits per heavy atom. The van der Waals surface area contributed by atoms with E-state index in [1.165, 1.54) is 18.0 Å². The molecule has 5 rings (SSSR count). The van der Waals surface area contributed by atoms with E-state index < -0.39 is 30.5 Å². The maximum atomic E-state index is 12.5. The normalized spacial score (nSPS) is 20.6. The van der Waals surface area contributed by atoms with E-state index >= 15 is 0 Å². The molecule has 0 spiro atoms. The first-order valence-corrected chi connectivity index (χ1v) is 12.8. The molecule has 1 saturated heterocycles. The zero-order valence-corrected chi connectivity index (χ0v) is 21.7. The Balaban J connectivity index is 1.41. The molecule has 1 aromatic heterocycles. The summed E-state index contributed by atoms with van der Waals surface area (Å²) in [5.74, 6) is -0.573. The van der Waals surface area contributed by atoms with Gasteiger partial charge in [-0.15, -0.1) is 5.10 Å². The lowest BCUT2D eigenvalue weighted by molar-refractivity contribution is -0.0941. The lowest BCUT2D eigenvalue weighted by atomic mass is 10.1. The molecular weight excluding hydrogens is 498 g/mol. The lowest BCUT2D eigenvalue weighted by Crippen LogP contribution is -2.38. The van der Waals surface area contributed by atoms with Crippen molar-refractivity contribution in [3.8, 4) is 0 Å². The molecule has 4 aromatic rings. The second-order valence-electron chi connectivity index (χ2n) is 9.14. The number of ether oxygens (including phenoxy) is 5. The molecule has 0 radical (unpaired) electrons. The van der Waals surface area contributed by atoms with Gasteiger partial charge in [0.15, 0.2) is 11.9 Å². The zero-order valence-electron chi connectivity index (χ0n) is 21.7. The van der Waals surface area contributed by atoms with Crippen LogP contribution < -0.4 is 0 Å². The highest BCUT2D eigenvalue weighted by atomic mass is 16.6. The number of hydrogen-bond acceptors (Lipinski definition) is 8. The number of aromatic nitrogens is 3. The molecule has 4 atom stereocenters. The van der Waals surface area contributed by atoms with Crippen molar-refractivity contribution in [2.45, 2.75) is 44.4 Å². The number of benzene rings is 3. The van der Waals surface area contributed by atoms with Crippen LogP contribution in [-0.2, 0) is 43.5 Å². The minimum absolute atomic E-state index is 0.156. The average molecular weight is 530 g/mol. The fraction of sp³-hybridized carbons (Fsp3) is 0.300. The first-order valence-electron chi connectivity index (χ1n) is 12.8. The van der Waals surface area contributed by atoms with Crippen LogP contribution in [0.15, 0.2) is 97.2 Å². The van der Waals surface area contributed by atoms with E-state index in [2.05, 4.69) is 10.3 Å². The van der Waals surface area contributed by atoms with Gasteiger partial charge in [-0.25, -0.2) is 9.48 Å². The third-order valence-electron chi connectivity index (χ3n) is 6.46. The molecule has 0 amide bonds. The maximum Gasteiger partial charge on any atom is 0.358 e. The molecule has 0 N–H and O–H groups in total. The molecule has 0 aliphatic carbocycles. The Morgan fingerprint density at radius 1 is 0.795 bits per heavy atom. The largest absolute Gasteiger partial charge is 0.464 e. The van der Waals surface area contributed by atoms with E-state index in [-0.39, 0.29) is 12.3 Å². The molecule has 9 nitrogen and oxygen atoms in total. The van der Waals surface area contributed by atoms with Gasteiger partial charge in [0.1, 0.15) is 18.3 Å². The maximum absolute atomic E-state index is 12.5. The van der Waals surface area contributed by atoms with Crippen LogP contribution in [-0.4, -0.2) is 53.0 Å². The minimum atomic E-state index is -0.795. The summed E-state index contributed by atoms with van der Waals surface area (Å²) in [6.45, 7) is 1.33. The van der Waals surface area contributed by atoms with Crippen molar-refractivity contribution in [2.75, 3.05) is 13.7 Å². The third-order valence-corrected chi connectivity index (χ3v) is 6.46. The molecule has 39 heavy (non-hydrogen) atoms. The van der Waals surface area contributed by atoms with E-state index in [1.54, 1.807) is 0 Å². The number of hydrogen-bond donors (Lipinski definition) is 0. The molecule has 0 unspecified atom stereocenters. The molecule has 1 aliphatic rings. The Hall–Kier alpha value is -3.89.